The highest BCUT2D eigenvalue weighted by atomic mass is 16.5. The molecule has 0 bridgehead atoms. The van der Waals surface area contributed by atoms with Gasteiger partial charge in [0.15, 0.2) is 11.5 Å². The Morgan fingerprint density at radius 1 is 1.26 bits per heavy atom. The molecule has 27 heavy (non-hydrogen) atoms. The second-order valence-corrected chi connectivity index (χ2v) is 6.63. The van der Waals surface area contributed by atoms with E-state index < -0.39 is 0 Å². The Balaban J connectivity index is 1.41. The van der Waals surface area contributed by atoms with E-state index in [2.05, 4.69) is 20.4 Å². The fraction of sp³-hybridized carbons (Fsp3) is 0.200. The maximum atomic E-state index is 12.5. The predicted octanol–water partition coefficient (Wildman–Crippen LogP) is 3.69. The van der Waals surface area contributed by atoms with Crippen molar-refractivity contribution >= 4 is 16.9 Å². The minimum Gasteiger partial charge on any atom is -0.448 e. The van der Waals surface area contributed by atoms with Gasteiger partial charge < -0.3 is 14.3 Å². The van der Waals surface area contributed by atoms with Crippen LogP contribution in [0.3, 0.4) is 0 Å². The van der Waals surface area contributed by atoms with Crippen LogP contribution in [0.2, 0.25) is 0 Å². The number of nitrogens with zero attached hydrogens (tertiary/aromatic N) is 3. The molecule has 4 aromatic rings. The summed E-state index contributed by atoms with van der Waals surface area (Å²) in [4.78, 5) is 21.1. The van der Waals surface area contributed by atoms with E-state index in [1.54, 1.807) is 36.9 Å². The molecule has 7 nitrogen and oxygen atoms in total. The fourth-order valence-corrected chi connectivity index (χ4v) is 2.97. The van der Waals surface area contributed by atoms with Crippen LogP contribution in [0.4, 0.5) is 0 Å². The second kappa shape index (κ2) is 6.35. The average molecular weight is 360 g/mol. The molecule has 1 aromatic carbocycles. The summed E-state index contributed by atoms with van der Waals surface area (Å²) in [5.74, 6) is 0.990. The van der Waals surface area contributed by atoms with Gasteiger partial charge in [-0.05, 0) is 42.7 Å². The Labute approximate surface area is 154 Å². The normalized spacial score (nSPS) is 13.8. The number of amides is 1. The summed E-state index contributed by atoms with van der Waals surface area (Å²) in [6.45, 7) is 0.412. The highest BCUT2D eigenvalue weighted by molar-refractivity contribution is 6.00. The second-order valence-electron chi connectivity index (χ2n) is 6.63. The Hall–Kier alpha value is -3.48. The van der Waals surface area contributed by atoms with Crippen molar-refractivity contribution in [3.8, 4) is 11.4 Å². The van der Waals surface area contributed by atoms with Crippen LogP contribution in [0, 0.1) is 0 Å². The fourth-order valence-electron chi connectivity index (χ4n) is 2.97. The Morgan fingerprint density at radius 2 is 2.19 bits per heavy atom. The molecular formula is C20H16N4O3. The predicted molar refractivity (Wildman–Crippen MR) is 96.9 cm³/mol. The van der Waals surface area contributed by atoms with Crippen molar-refractivity contribution in [1.82, 2.24) is 20.4 Å². The third-order valence-electron chi connectivity index (χ3n) is 4.60. The molecule has 0 aliphatic heterocycles. The molecule has 1 fully saturated rings. The largest absolute Gasteiger partial charge is 0.448 e. The van der Waals surface area contributed by atoms with Gasteiger partial charge in [0.2, 0.25) is 0 Å². The number of carbonyl (C=O) groups excluding carboxylic acids is 1. The number of aromatic nitrogens is 3. The van der Waals surface area contributed by atoms with Crippen molar-refractivity contribution in [2.45, 2.75) is 25.3 Å². The topological polar surface area (TPSA) is 94.1 Å². The van der Waals surface area contributed by atoms with Gasteiger partial charge in [-0.15, -0.1) is 0 Å². The summed E-state index contributed by atoms with van der Waals surface area (Å²) >= 11 is 0. The molecule has 1 aliphatic rings. The van der Waals surface area contributed by atoms with Crippen molar-refractivity contribution < 1.29 is 13.7 Å². The molecule has 1 N–H and O–H groups in total. The molecule has 0 radical (unpaired) electrons. The van der Waals surface area contributed by atoms with Crippen molar-refractivity contribution in [2.75, 3.05) is 0 Å². The van der Waals surface area contributed by atoms with Crippen LogP contribution in [0.5, 0.6) is 0 Å². The van der Waals surface area contributed by atoms with Gasteiger partial charge in [0.1, 0.15) is 17.7 Å². The number of carbonyl (C=O) groups is 1. The van der Waals surface area contributed by atoms with Crippen molar-refractivity contribution in [3.05, 3.63) is 66.0 Å². The lowest BCUT2D eigenvalue weighted by Crippen LogP contribution is -2.22. The van der Waals surface area contributed by atoms with Gasteiger partial charge in [-0.3, -0.25) is 9.78 Å². The Bertz CT molecular complexity index is 1110. The van der Waals surface area contributed by atoms with E-state index in [9.17, 15) is 4.79 Å². The molecule has 5 rings (SSSR count). The smallest absolute Gasteiger partial charge is 0.251 e. The zero-order valence-electron chi connectivity index (χ0n) is 14.4. The summed E-state index contributed by atoms with van der Waals surface area (Å²) in [5.41, 5.74) is 3.28. The summed E-state index contributed by atoms with van der Waals surface area (Å²) in [6, 6.07) is 8.98. The molecule has 3 aromatic heterocycles. The Kier molecular flexibility index (Phi) is 3.71. The lowest BCUT2D eigenvalue weighted by Gasteiger charge is -2.05. The van der Waals surface area contributed by atoms with Gasteiger partial charge >= 0.3 is 0 Å². The molecule has 0 spiro atoms. The third kappa shape index (κ3) is 3.08. The van der Waals surface area contributed by atoms with Gasteiger partial charge in [0.05, 0.1) is 5.39 Å². The van der Waals surface area contributed by atoms with E-state index in [0.29, 0.717) is 35.0 Å². The zero-order valence-corrected chi connectivity index (χ0v) is 14.4. The van der Waals surface area contributed by atoms with Crippen LogP contribution in [0.25, 0.3) is 22.4 Å². The first-order valence-corrected chi connectivity index (χ1v) is 8.80. The zero-order chi connectivity index (χ0) is 18.2. The van der Waals surface area contributed by atoms with Crippen molar-refractivity contribution in [1.29, 1.82) is 0 Å². The summed E-state index contributed by atoms with van der Waals surface area (Å²) in [7, 11) is 0. The lowest BCUT2D eigenvalue weighted by molar-refractivity contribution is 0.0951. The minimum atomic E-state index is -0.174. The number of fused-ring (bicyclic) bond motifs is 1. The number of oxazole rings is 1. The van der Waals surface area contributed by atoms with E-state index in [4.69, 9.17) is 8.94 Å². The average Bonchev–Trinajstić information content (AvgIpc) is 3.29. The van der Waals surface area contributed by atoms with E-state index in [-0.39, 0.29) is 5.91 Å². The van der Waals surface area contributed by atoms with Gasteiger partial charge in [-0.25, -0.2) is 4.98 Å². The SMILES string of the molecule is O=C(NCc1cccnc1)c1ccc2onc(-c3coc(C4CC4)n3)c2c1. The molecule has 0 atom stereocenters. The summed E-state index contributed by atoms with van der Waals surface area (Å²) in [6.07, 6.45) is 7.25. The minimum absolute atomic E-state index is 0.174. The maximum Gasteiger partial charge on any atom is 0.251 e. The molecule has 0 unspecified atom stereocenters. The monoisotopic (exact) mass is 360 g/mol. The van der Waals surface area contributed by atoms with Crippen molar-refractivity contribution in [3.63, 3.8) is 0 Å². The molecular weight excluding hydrogens is 344 g/mol. The molecule has 134 valence electrons. The van der Waals surface area contributed by atoms with Gasteiger partial charge in [0.25, 0.3) is 5.91 Å². The Morgan fingerprint density at radius 3 is 3.00 bits per heavy atom. The van der Waals surface area contributed by atoms with Crippen molar-refractivity contribution in [2.24, 2.45) is 0 Å². The van der Waals surface area contributed by atoms with E-state index in [1.807, 2.05) is 12.1 Å². The van der Waals surface area contributed by atoms with Crippen LogP contribution in [-0.4, -0.2) is 21.0 Å². The standard InChI is InChI=1S/C20H16N4O3/c25-19(22-10-12-2-1-7-21-9-12)14-5-6-17-15(8-14)18(24-27-17)16-11-26-20(23-16)13-3-4-13/h1-2,5-9,11,13H,3-4,10H2,(H,22,25). The number of nitrogens with one attached hydrogen (secondary N) is 1. The molecule has 7 heteroatoms. The van der Waals surface area contributed by atoms with Gasteiger partial charge in [-0.1, -0.05) is 11.2 Å². The van der Waals surface area contributed by atoms with Crippen LogP contribution in [-0.2, 0) is 6.54 Å². The number of benzene rings is 1. The summed E-state index contributed by atoms with van der Waals surface area (Å²) in [5, 5.41) is 7.75. The van der Waals surface area contributed by atoms with Crippen LogP contribution >= 0.6 is 0 Å². The lowest BCUT2D eigenvalue weighted by atomic mass is 10.1. The number of pyridine rings is 1. The highest BCUT2D eigenvalue weighted by Crippen LogP contribution is 2.40. The van der Waals surface area contributed by atoms with Crippen LogP contribution < -0.4 is 5.32 Å². The highest BCUT2D eigenvalue weighted by Gasteiger charge is 2.29. The first-order chi connectivity index (χ1) is 13.3. The molecule has 0 saturated heterocycles. The third-order valence-corrected chi connectivity index (χ3v) is 4.60. The first-order valence-electron chi connectivity index (χ1n) is 8.80. The summed E-state index contributed by atoms with van der Waals surface area (Å²) < 4.78 is 10.9. The van der Waals surface area contributed by atoms with E-state index in [0.717, 1.165) is 29.7 Å². The van der Waals surface area contributed by atoms with E-state index in [1.165, 1.54) is 0 Å². The van der Waals surface area contributed by atoms with Crippen LogP contribution in [0.15, 0.2) is 57.9 Å². The molecule has 1 saturated carbocycles. The van der Waals surface area contributed by atoms with E-state index >= 15 is 0 Å². The van der Waals surface area contributed by atoms with Gasteiger partial charge in [0, 0.05) is 30.4 Å². The number of rotatable bonds is 5. The maximum absolute atomic E-state index is 12.5. The number of hydrogen-bond acceptors (Lipinski definition) is 6. The molecule has 1 amide bonds. The quantitative estimate of drug-likeness (QED) is 0.583. The number of hydrogen-bond donors (Lipinski definition) is 1. The van der Waals surface area contributed by atoms with Crippen LogP contribution in [0.1, 0.15) is 40.6 Å². The van der Waals surface area contributed by atoms with Gasteiger partial charge in [-0.2, -0.15) is 0 Å². The first kappa shape index (κ1) is 15.7. The molecule has 3 heterocycles. The molecule has 1 aliphatic carbocycles.